The van der Waals surface area contributed by atoms with Gasteiger partial charge in [-0.15, -0.1) is 0 Å². The van der Waals surface area contributed by atoms with Crippen molar-refractivity contribution in [3.05, 3.63) is 0 Å². The van der Waals surface area contributed by atoms with Gasteiger partial charge >= 0.3 is 6.18 Å². The summed E-state index contributed by atoms with van der Waals surface area (Å²) in [6, 6.07) is 0. The van der Waals surface area contributed by atoms with Crippen LogP contribution in [0.15, 0.2) is 0 Å². The van der Waals surface area contributed by atoms with Crippen LogP contribution < -0.4 is 0 Å². The monoisotopic (exact) mass is 372 g/mol. The lowest BCUT2D eigenvalue weighted by Gasteiger charge is -2.05. The topological polar surface area (TPSA) is 0 Å². The Morgan fingerprint density at radius 3 is 1.05 bits per heavy atom. The first kappa shape index (κ1) is 21.3. The average Bonchev–Trinajstić information content (AvgIpc) is 2.42. The van der Waals surface area contributed by atoms with Crippen molar-refractivity contribution in [2.24, 2.45) is 0 Å². The first-order valence-corrected chi connectivity index (χ1v) is 9.81. The van der Waals surface area contributed by atoms with Gasteiger partial charge in [-0.3, -0.25) is 0 Å². The van der Waals surface area contributed by atoms with Gasteiger partial charge in [0.05, 0.1) is 0 Å². The lowest BCUT2D eigenvalue weighted by atomic mass is 10.0. The van der Waals surface area contributed by atoms with E-state index >= 15 is 0 Å². The lowest BCUT2D eigenvalue weighted by molar-refractivity contribution is -0.135. The summed E-state index contributed by atoms with van der Waals surface area (Å²) in [6.07, 6.45) is 11.7. The van der Waals surface area contributed by atoms with E-state index in [1.807, 2.05) is 0 Å². The van der Waals surface area contributed by atoms with Crippen molar-refractivity contribution in [1.82, 2.24) is 0 Å². The molecule has 128 valence electrons. The molecule has 0 nitrogen and oxygen atoms in total. The number of hydrogen-bond donors (Lipinski definition) is 0. The normalized spacial score (nSPS) is 12.0. The van der Waals surface area contributed by atoms with Crippen molar-refractivity contribution >= 4 is 15.9 Å². The molecule has 0 heterocycles. The molecule has 0 saturated carbocycles. The molecule has 0 aliphatic carbocycles. The number of unbranched alkanes of at least 4 members (excludes halogenated alkanes) is 13. The van der Waals surface area contributed by atoms with Crippen LogP contribution in [-0.4, -0.2) is 11.5 Å². The number of halogens is 4. The van der Waals surface area contributed by atoms with Crippen LogP contribution in [-0.2, 0) is 0 Å². The van der Waals surface area contributed by atoms with E-state index in [0.29, 0.717) is 6.42 Å². The largest absolute Gasteiger partial charge is 0.389 e. The third-order valence-corrected chi connectivity index (χ3v) is 4.40. The Balaban J connectivity index is 3.00. The predicted octanol–water partition coefficient (Wildman–Crippen LogP) is 7.80. The Labute approximate surface area is 137 Å². The van der Waals surface area contributed by atoms with Crippen molar-refractivity contribution < 1.29 is 13.2 Å². The summed E-state index contributed by atoms with van der Waals surface area (Å²) >= 11 is 3.45. The van der Waals surface area contributed by atoms with Crippen molar-refractivity contribution in [2.45, 2.75) is 102 Å². The number of hydrogen-bond acceptors (Lipinski definition) is 0. The Kier molecular flexibility index (Phi) is 15.4. The average molecular weight is 373 g/mol. The molecule has 0 unspecified atom stereocenters. The Bertz CT molecular complexity index is 205. The molecule has 0 spiro atoms. The maximum Gasteiger partial charge on any atom is 0.389 e. The molecule has 0 amide bonds. The third kappa shape index (κ3) is 20.3. The molecule has 0 radical (unpaired) electrons. The van der Waals surface area contributed by atoms with E-state index in [1.54, 1.807) is 0 Å². The van der Waals surface area contributed by atoms with Crippen LogP contribution >= 0.6 is 15.9 Å². The molecular weight excluding hydrogens is 341 g/mol. The second-order valence-corrected chi connectivity index (χ2v) is 6.80. The quantitative estimate of drug-likeness (QED) is 0.203. The summed E-state index contributed by atoms with van der Waals surface area (Å²) in [5.41, 5.74) is 0. The molecular formula is C17H32BrF3. The van der Waals surface area contributed by atoms with E-state index in [1.165, 1.54) is 64.2 Å². The lowest BCUT2D eigenvalue weighted by Crippen LogP contribution is -2.06. The van der Waals surface area contributed by atoms with E-state index in [-0.39, 0.29) is 0 Å². The van der Waals surface area contributed by atoms with Crippen LogP contribution in [0.2, 0.25) is 0 Å². The fraction of sp³-hybridized carbons (Fsp3) is 1.00. The van der Waals surface area contributed by atoms with Gasteiger partial charge in [0.25, 0.3) is 0 Å². The Morgan fingerprint density at radius 2 is 0.762 bits per heavy atom. The van der Waals surface area contributed by atoms with Crippen LogP contribution in [0, 0.1) is 0 Å². The molecule has 0 bridgehead atoms. The Hall–Kier alpha value is 0.270. The van der Waals surface area contributed by atoms with Gasteiger partial charge in [-0.1, -0.05) is 93.0 Å². The zero-order valence-corrected chi connectivity index (χ0v) is 14.9. The van der Waals surface area contributed by atoms with Crippen molar-refractivity contribution in [3.63, 3.8) is 0 Å². The summed E-state index contributed by atoms with van der Waals surface area (Å²) < 4.78 is 35.8. The van der Waals surface area contributed by atoms with Gasteiger partial charge in [-0.05, 0) is 12.8 Å². The highest BCUT2D eigenvalue weighted by Gasteiger charge is 2.25. The number of rotatable bonds is 15. The van der Waals surface area contributed by atoms with Gasteiger partial charge in [0.15, 0.2) is 0 Å². The predicted molar refractivity (Wildman–Crippen MR) is 89.1 cm³/mol. The molecule has 0 saturated heterocycles. The van der Waals surface area contributed by atoms with Crippen molar-refractivity contribution in [3.8, 4) is 0 Å². The van der Waals surface area contributed by atoms with Gasteiger partial charge < -0.3 is 0 Å². The smallest absolute Gasteiger partial charge is 0.171 e. The molecule has 0 aromatic rings. The minimum Gasteiger partial charge on any atom is -0.171 e. The maximum atomic E-state index is 11.9. The molecule has 21 heavy (non-hydrogen) atoms. The highest BCUT2D eigenvalue weighted by molar-refractivity contribution is 9.09. The Morgan fingerprint density at radius 1 is 0.476 bits per heavy atom. The molecule has 0 N–H and O–H groups in total. The highest BCUT2D eigenvalue weighted by atomic mass is 79.9. The zero-order chi connectivity index (χ0) is 15.8. The summed E-state index contributed by atoms with van der Waals surface area (Å²) in [5.74, 6) is 0. The first-order chi connectivity index (χ1) is 10.1. The molecule has 0 aromatic carbocycles. The second-order valence-electron chi connectivity index (χ2n) is 6.00. The van der Waals surface area contributed by atoms with Crippen LogP contribution in [0.3, 0.4) is 0 Å². The highest BCUT2D eigenvalue weighted by Crippen LogP contribution is 2.23. The summed E-state index contributed by atoms with van der Waals surface area (Å²) in [4.78, 5) is 0. The third-order valence-electron chi connectivity index (χ3n) is 3.84. The standard InChI is InChI=1S/C17H32BrF3/c18-16-14-12-10-8-6-4-2-1-3-5-7-9-11-13-15-17(19,20)21/h1-16H2. The minimum atomic E-state index is -3.96. The van der Waals surface area contributed by atoms with Gasteiger partial charge in [-0.25, -0.2) is 0 Å². The van der Waals surface area contributed by atoms with Gasteiger partial charge in [-0.2, -0.15) is 13.2 Å². The van der Waals surface area contributed by atoms with Gasteiger partial charge in [0.1, 0.15) is 0 Å². The van der Waals surface area contributed by atoms with Crippen LogP contribution in [0.25, 0.3) is 0 Å². The molecule has 0 aliphatic heterocycles. The molecule has 4 heteroatoms. The van der Waals surface area contributed by atoms with Gasteiger partial charge in [0.2, 0.25) is 0 Å². The summed E-state index contributed by atoms with van der Waals surface area (Å²) in [7, 11) is 0. The van der Waals surface area contributed by atoms with E-state index in [0.717, 1.165) is 24.6 Å². The molecule has 0 rings (SSSR count). The molecule has 0 aliphatic rings. The minimum absolute atomic E-state index is 0.304. The van der Waals surface area contributed by atoms with Crippen LogP contribution in [0.4, 0.5) is 13.2 Å². The van der Waals surface area contributed by atoms with Crippen LogP contribution in [0.5, 0.6) is 0 Å². The summed E-state index contributed by atoms with van der Waals surface area (Å²) in [6.45, 7) is 0. The van der Waals surface area contributed by atoms with E-state index in [9.17, 15) is 13.2 Å². The molecule has 0 atom stereocenters. The first-order valence-electron chi connectivity index (χ1n) is 8.69. The SMILES string of the molecule is FC(F)(F)CCCCCCCCCCCCCCCCBr. The van der Waals surface area contributed by atoms with E-state index in [4.69, 9.17) is 0 Å². The summed E-state index contributed by atoms with van der Waals surface area (Å²) in [5, 5.41) is 1.13. The fourth-order valence-electron chi connectivity index (χ4n) is 2.54. The van der Waals surface area contributed by atoms with E-state index < -0.39 is 12.6 Å². The van der Waals surface area contributed by atoms with Gasteiger partial charge in [0, 0.05) is 11.8 Å². The molecule has 0 fully saturated rings. The van der Waals surface area contributed by atoms with Crippen LogP contribution in [0.1, 0.15) is 96.3 Å². The number of alkyl halides is 4. The van der Waals surface area contributed by atoms with Crippen molar-refractivity contribution in [1.29, 1.82) is 0 Å². The zero-order valence-electron chi connectivity index (χ0n) is 13.3. The van der Waals surface area contributed by atoms with E-state index in [2.05, 4.69) is 15.9 Å². The fourth-order valence-corrected chi connectivity index (χ4v) is 2.94. The van der Waals surface area contributed by atoms with Crippen molar-refractivity contribution in [2.75, 3.05) is 5.33 Å². The maximum absolute atomic E-state index is 11.9. The molecule has 0 aromatic heterocycles. The second kappa shape index (κ2) is 15.2.